The molecule has 0 aliphatic rings. The van der Waals surface area contributed by atoms with Crippen LogP contribution in [0.25, 0.3) is 22.0 Å². The van der Waals surface area contributed by atoms with Crippen molar-refractivity contribution in [1.82, 2.24) is 9.97 Å². The summed E-state index contributed by atoms with van der Waals surface area (Å²) in [5.74, 6) is -2.40. The fourth-order valence-corrected chi connectivity index (χ4v) is 2.99. The van der Waals surface area contributed by atoms with Crippen LogP contribution in [0.4, 0.5) is 20.2 Å². The number of halogens is 2. The van der Waals surface area contributed by atoms with E-state index in [4.69, 9.17) is 0 Å². The highest BCUT2D eigenvalue weighted by atomic mass is 19.1. The molecule has 4 aromatic rings. The lowest BCUT2D eigenvalue weighted by atomic mass is 10.0. The van der Waals surface area contributed by atoms with Crippen molar-refractivity contribution in [2.75, 3.05) is 5.32 Å². The first-order valence-electron chi connectivity index (χ1n) is 8.31. The van der Waals surface area contributed by atoms with E-state index in [2.05, 4.69) is 15.3 Å². The zero-order chi connectivity index (χ0) is 19.7. The number of anilines is 2. The summed E-state index contributed by atoms with van der Waals surface area (Å²) in [4.78, 5) is 19.9. The largest absolute Gasteiger partial charge is 0.478 e. The second kappa shape index (κ2) is 7.03. The number of fused-ring (bicyclic) bond motifs is 1. The number of benzene rings is 2. The van der Waals surface area contributed by atoms with Gasteiger partial charge in [-0.15, -0.1) is 0 Å². The minimum atomic E-state index is -1.28. The summed E-state index contributed by atoms with van der Waals surface area (Å²) in [5.41, 5.74) is 2.32. The van der Waals surface area contributed by atoms with Crippen LogP contribution in [0.15, 0.2) is 67.1 Å². The minimum absolute atomic E-state index is 0.181. The van der Waals surface area contributed by atoms with Gasteiger partial charge in [-0.25, -0.2) is 13.6 Å². The molecule has 0 spiro atoms. The molecule has 7 heteroatoms. The van der Waals surface area contributed by atoms with Crippen LogP contribution in [0, 0.1) is 11.6 Å². The lowest BCUT2D eigenvalue weighted by molar-refractivity contribution is 0.0697. The molecule has 2 N–H and O–H groups in total. The number of nitrogens with one attached hydrogen (secondary N) is 1. The third-order valence-electron chi connectivity index (χ3n) is 4.29. The number of hydrogen-bond acceptors (Lipinski definition) is 4. The predicted molar refractivity (Wildman–Crippen MR) is 102 cm³/mol. The summed E-state index contributed by atoms with van der Waals surface area (Å²) in [6, 6.07) is 11.1. The summed E-state index contributed by atoms with van der Waals surface area (Å²) in [6.07, 6.45) is 4.83. The molecule has 2 aromatic carbocycles. The Morgan fingerprint density at radius 1 is 0.964 bits per heavy atom. The van der Waals surface area contributed by atoms with E-state index in [0.29, 0.717) is 22.2 Å². The lowest BCUT2D eigenvalue weighted by Gasteiger charge is -2.16. The van der Waals surface area contributed by atoms with Crippen LogP contribution < -0.4 is 5.32 Å². The van der Waals surface area contributed by atoms with Crippen molar-refractivity contribution >= 4 is 28.2 Å². The molecule has 0 aliphatic heterocycles. The Morgan fingerprint density at radius 3 is 2.43 bits per heavy atom. The Balaban J connectivity index is 1.97. The van der Waals surface area contributed by atoms with Crippen molar-refractivity contribution in [3.8, 4) is 11.1 Å². The highest BCUT2D eigenvalue weighted by Crippen LogP contribution is 2.36. The lowest BCUT2D eigenvalue weighted by Crippen LogP contribution is -2.05. The van der Waals surface area contributed by atoms with Gasteiger partial charge in [0.25, 0.3) is 0 Å². The second-order valence-corrected chi connectivity index (χ2v) is 6.06. The average Bonchev–Trinajstić information content (AvgIpc) is 2.70. The number of aromatic nitrogens is 2. The summed E-state index contributed by atoms with van der Waals surface area (Å²) in [6.45, 7) is 0. The number of carboxylic acid groups (broad SMARTS) is 1. The normalized spacial score (nSPS) is 10.8. The van der Waals surface area contributed by atoms with Gasteiger partial charge in [0.05, 0.1) is 22.5 Å². The minimum Gasteiger partial charge on any atom is -0.478 e. The van der Waals surface area contributed by atoms with E-state index in [1.165, 1.54) is 24.3 Å². The second-order valence-electron chi connectivity index (χ2n) is 6.06. The van der Waals surface area contributed by atoms with Crippen molar-refractivity contribution in [2.45, 2.75) is 0 Å². The van der Waals surface area contributed by atoms with E-state index < -0.39 is 17.6 Å². The maximum absolute atomic E-state index is 13.9. The van der Waals surface area contributed by atoms with Gasteiger partial charge in [-0.2, -0.15) is 0 Å². The van der Waals surface area contributed by atoms with Crippen molar-refractivity contribution < 1.29 is 18.7 Å². The van der Waals surface area contributed by atoms with Crippen molar-refractivity contribution in [2.24, 2.45) is 0 Å². The molecule has 0 atom stereocenters. The highest BCUT2D eigenvalue weighted by Gasteiger charge is 2.16. The highest BCUT2D eigenvalue weighted by molar-refractivity contribution is 6.03. The standard InChI is InChI=1S/C21H13F2N3O2/c22-13-1-3-18-15(9-13)20(17(11-25-18)12-5-7-24-8-6-12)26-19-4-2-14(23)10-16(19)21(27)28/h1-11H,(H,25,26)(H,27,28). The molecule has 2 aromatic heterocycles. The fraction of sp³-hybridized carbons (Fsp3) is 0. The SMILES string of the molecule is O=C(O)c1cc(F)ccc1Nc1c(-c2ccncc2)cnc2ccc(F)cc12. The van der Waals surface area contributed by atoms with Crippen LogP contribution in [0.2, 0.25) is 0 Å². The molecule has 4 rings (SSSR count). The van der Waals surface area contributed by atoms with E-state index >= 15 is 0 Å². The molecule has 5 nitrogen and oxygen atoms in total. The van der Waals surface area contributed by atoms with Crippen molar-refractivity contribution in [3.63, 3.8) is 0 Å². The van der Waals surface area contributed by atoms with E-state index in [0.717, 1.165) is 17.7 Å². The summed E-state index contributed by atoms with van der Waals surface area (Å²) in [7, 11) is 0. The number of aromatic carboxylic acids is 1. The fourth-order valence-electron chi connectivity index (χ4n) is 2.99. The first-order chi connectivity index (χ1) is 13.5. The predicted octanol–water partition coefficient (Wildman–Crippen LogP) is 5.02. The van der Waals surface area contributed by atoms with E-state index in [1.807, 2.05) is 0 Å². The van der Waals surface area contributed by atoms with Crippen molar-refractivity contribution in [3.05, 3.63) is 84.3 Å². The summed E-state index contributed by atoms with van der Waals surface area (Å²) in [5, 5.41) is 12.9. The van der Waals surface area contributed by atoms with E-state index in [-0.39, 0.29) is 11.3 Å². The molecular weight excluding hydrogens is 364 g/mol. The van der Waals surface area contributed by atoms with E-state index in [9.17, 15) is 18.7 Å². The number of nitrogens with zero attached hydrogens (tertiary/aromatic N) is 2. The Hall–Kier alpha value is -3.87. The third kappa shape index (κ3) is 3.25. The molecule has 0 saturated heterocycles. The van der Waals surface area contributed by atoms with Gasteiger partial charge >= 0.3 is 5.97 Å². The summed E-state index contributed by atoms with van der Waals surface area (Å²) < 4.78 is 27.5. The summed E-state index contributed by atoms with van der Waals surface area (Å²) >= 11 is 0. The molecule has 0 unspecified atom stereocenters. The van der Waals surface area contributed by atoms with Crippen molar-refractivity contribution in [1.29, 1.82) is 0 Å². The van der Waals surface area contributed by atoms with Crippen LogP contribution in [0.1, 0.15) is 10.4 Å². The van der Waals surface area contributed by atoms with Gasteiger partial charge in [-0.05, 0) is 54.1 Å². The van der Waals surface area contributed by atoms with Crippen LogP contribution >= 0.6 is 0 Å². The molecule has 0 radical (unpaired) electrons. The number of rotatable bonds is 4. The molecule has 0 bridgehead atoms. The zero-order valence-electron chi connectivity index (χ0n) is 14.4. The molecule has 0 fully saturated rings. The van der Waals surface area contributed by atoms with Gasteiger partial charge in [0.1, 0.15) is 11.6 Å². The van der Waals surface area contributed by atoms with Gasteiger partial charge in [0.15, 0.2) is 0 Å². The smallest absolute Gasteiger partial charge is 0.337 e. The van der Waals surface area contributed by atoms with Gasteiger partial charge in [0.2, 0.25) is 0 Å². The molecule has 0 amide bonds. The Kier molecular flexibility index (Phi) is 4.41. The monoisotopic (exact) mass is 377 g/mol. The first-order valence-corrected chi connectivity index (χ1v) is 8.31. The number of carbonyl (C=O) groups is 1. The van der Waals surface area contributed by atoms with Gasteiger partial charge < -0.3 is 10.4 Å². The van der Waals surface area contributed by atoms with Gasteiger partial charge in [-0.3, -0.25) is 9.97 Å². The quantitative estimate of drug-likeness (QED) is 0.522. The Labute approximate surface area is 158 Å². The van der Waals surface area contributed by atoms with Gasteiger partial charge in [0, 0.05) is 29.5 Å². The average molecular weight is 377 g/mol. The maximum atomic E-state index is 13.9. The molecular formula is C21H13F2N3O2. The molecule has 138 valence electrons. The van der Waals surface area contributed by atoms with Crippen LogP contribution in [-0.2, 0) is 0 Å². The number of pyridine rings is 2. The third-order valence-corrected chi connectivity index (χ3v) is 4.29. The first kappa shape index (κ1) is 17.5. The van der Waals surface area contributed by atoms with Crippen LogP contribution in [0.5, 0.6) is 0 Å². The van der Waals surface area contributed by atoms with Gasteiger partial charge in [-0.1, -0.05) is 0 Å². The maximum Gasteiger partial charge on any atom is 0.337 e. The number of hydrogen-bond donors (Lipinski definition) is 2. The molecule has 2 heterocycles. The molecule has 0 aliphatic carbocycles. The topological polar surface area (TPSA) is 75.1 Å². The van der Waals surface area contributed by atoms with E-state index in [1.54, 1.807) is 30.7 Å². The Morgan fingerprint density at radius 2 is 1.68 bits per heavy atom. The van der Waals surface area contributed by atoms with Crippen LogP contribution in [-0.4, -0.2) is 21.0 Å². The van der Waals surface area contributed by atoms with Crippen LogP contribution in [0.3, 0.4) is 0 Å². The zero-order valence-corrected chi connectivity index (χ0v) is 14.4. The molecule has 28 heavy (non-hydrogen) atoms. The number of carboxylic acids is 1. The Bertz CT molecular complexity index is 1200. The molecule has 0 saturated carbocycles.